The Bertz CT molecular complexity index is 1220. The van der Waals surface area contributed by atoms with Gasteiger partial charge in [0.05, 0.1) is 0 Å². The Morgan fingerprint density at radius 1 is 0.925 bits per heavy atom. The van der Waals surface area contributed by atoms with Crippen LogP contribution in [0.5, 0.6) is 0 Å². The first-order valence-electron chi connectivity index (χ1n) is 16.0. The van der Waals surface area contributed by atoms with E-state index < -0.39 is 0 Å². The maximum Gasteiger partial charge on any atom is 0.302 e. The maximum atomic E-state index is 11.6. The Kier molecular flexibility index (Phi) is 7.57. The van der Waals surface area contributed by atoms with Gasteiger partial charge in [-0.1, -0.05) is 99.2 Å². The highest BCUT2D eigenvalue weighted by Crippen LogP contribution is 2.67. The van der Waals surface area contributed by atoms with Crippen LogP contribution in [0.2, 0.25) is 0 Å². The fourth-order valence-corrected chi connectivity index (χ4v) is 10.0. The van der Waals surface area contributed by atoms with Gasteiger partial charge in [-0.2, -0.15) is 0 Å². The molecule has 0 aromatic heterocycles. The summed E-state index contributed by atoms with van der Waals surface area (Å²) in [7, 11) is 0. The molecule has 8 atom stereocenters. The molecule has 2 aromatic rings. The number of ether oxygens (including phenoxy) is 1. The Balaban J connectivity index is 1.20. The second-order valence-electron chi connectivity index (χ2n) is 14.0. The number of rotatable bonds is 6. The third-order valence-corrected chi connectivity index (χ3v) is 12.0. The first-order chi connectivity index (χ1) is 19.3. The van der Waals surface area contributed by atoms with Crippen LogP contribution >= 0.6 is 0 Å². The van der Waals surface area contributed by atoms with Crippen LogP contribution in [0.1, 0.15) is 96.6 Å². The predicted octanol–water partition coefficient (Wildman–Crippen LogP) is 9.66. The minimum atomic E-state index is -0.128. The van der Waals surface area contributed by atoms with E-state index in [0.717, 1.165) is 42.9 Å². The lowest BCUT2D eigenvalue weighted by molar-refractivity contribution is -0.148. The van der Waals surface area contributed by atoms with Crippen LogP contribution in [0, 0.1) is 40.4 Å². The molecule has 0 radical (unpaired) electrons. The minimum Gasteiger partial charge on any atom is -0.462 e. The van der Waals surface area contributed by atoms with Gasteiger partial charge in [0.15, 0.2) is 0 Å². The monoisotopic (exact) mass is 536 g/mol. The lowest BCUT2D eigenvalue weighted by atomic mass is 9.47. The van der Waals surface area contributed by atoms with Crippen molar-refractivity contribution in [3.63, 3.8) is 0 Å². The zero-order valence-corrected chi connectivity index (χ0v) is 25.1. The van der Waals surface area contributed by atoms with Crippen LogP contribution in [-0.4, -0.2) is 12.1 Å². The van der Waals surface area contributed by atoms with Crippen molar-refractivity contribution in [1.82, 2.24) is 0 Å². The average molecular weight is 537 g/mol. The summed E-state index contributed by atoms with van der Waals surface area (Å²) < 4.78 is 5.66. The number of fused-ring (bicyclic) bond motifs is 5. The molecule has 4 aliphatic carbocycles. The van der Waals surface area contributed by atoms with Gasteiger partial charge in [0.1, 0.15) is 6.10 Å². The number of hydrogen-bond donors (Lipinski definition) is 0. The van der Waals surface area contributed by atoms with Gasteiger partial charge in [-0.05, 0) is 108 Å². The van der Waals surface area contributed by atoms with Crippen molar-refractivity contribution in [2.75, 3.05) is 0 Å². The third kappa shape index (κ3) is 4.90. The van der Waals surface area contributed by atoms with Gasteiger partial charge < -0.3 is 4.74 Å². The van der Waals surface area contributed by atoms with E-state index in [-0.39, 0.29) is 12.1 Å². The summed E-state index contributed by atoms with van der Waals surface area (Å²) >= 11 is 0. The molecule has 2 heteroatoms. The highest BCUT2D eigenvalue weighted by molar-refractivity contribution is 5.79. The largest absolute Gasteiger partial charge is 0.462 e. The molecule has 0 N–H and O–H groups in total. The smallest absolute Gasteiger partial charge is 0.302 e. The van der Waals surface area contributed by atoms with Gasteiger partial charge in [-0.3, -0.25) is 4.79 Å². The molecule has 2 nitrogen and oxygen atoms in total. The number of benzene rings is 2. The first-order valence-corrected chi connectivity index (χ1v) is 16.0. The minimum absolute atomic E-state index is 0.0867. The van der Waals surface area contributed by atoms with Gasteiger partial charge >= 0.3 is 5.97 Å². The summed E-state index contributed by atoms with van der Waals surface area (Å²) in [6.07, 6.45) is 16.3. The lowest BCUT2D eigenvalue weighted by Crippen LogP contribution is -2.51. The molecule has 3 saturated carbocycles. The van der Waals surface area contributed by atoms with Gasteiger partial charge in [-0.25, -0.2) is 0 Å². The number of allylic oxidation sites excluding steroid dienone is 2. The van der Waals surface area contributed by atoms with E-state index in [1.54, 1.807) is 12.5 Å². The van der Waals surface area contributed by atoms with Crippen LogP contribution in [0.3, 0.4) is 0 Å². The van der Waals surface area contributed by atoms with E-state index >= 15 is 0 Å². The Morgan fingerprint density at radius 2 is 1.60 bits per heavy atom. The van der Waals surface area contributed by atoms with Crippen LogP contribution in [0.25, 0.3) is 5.57 Å². The van der Waals surface area contributed by atoms with Crippen molar-refractivity contribution >= 4 is 11.5 Å². The van der Waals surface area contributed by atoms with Crippen LogP contribution in [0.15, 0.2) is 78.4 Å². The quantitative estimate of drug-likeness (QED) is 0.271. The second kappa shape index (κ2) is 11.0. The SMILES string of the molecule is CC(=O)OC1CCC2(C)C(=CCC3C2CCC2(C)C(C(C)CC=C(c4ccccc4)c4ccccc4)CCC32)C1. The lowest BCUT2D eigenvalue weighted by Gasteiger charge is -2.58. The molecule has 0 heterocycles. The van der Waals surface area contributed by atoms with Gasteiger partial charge in [0.25, 0.3) is 0 Å². The number of esters is 1. The van der Waals surface area contributed by atoms with E-state index in [2.05, 4.69) is 93.6 Å². The molecule has 3 fully saturated rings. The van der Waals surface area contributed by atoms with Crippen molar-refractivity contribution in [3.05, 3.63) is 89.5 Å². The third-order valence-electron chi connectivity index (χ3n) is 12.0. The zero-order valence-electron chi connectivity index (χ0n) is 25.1. The van der Waals surface area contributed by atoms with Crippen molar-refractivity contribution in [3.8, 4) is 0 Å². The summed E-state index contributed by atoms with van der Waals surface area (Å²) in [6, 6.07) is 21.9. The second-order valence-corrected chi connectivity index (χ2v) is 14.0. The molecule has 6 rings (SSSR count). The number of hydrogen-bond acceptors (Lipinski definition) is 2. The van der Waals surface area contributed by atoms with E-state index in [1.807, 2.05) is 0 Å². The number of carbonyl (C=O) groups is 1. The van der Waals surface area contributed by atoms with E-state index in [9.17, 15) is 4.79 Å². The highest BCUT2D eigenvalue weighted by atomic mass is 16.5. The number of carbonyl (C=O) groups excluding carboxylic acids is 1. The van der Waals surface area contributed by atoms with Gasteiger partial charge in [0.2, 0.25) is 0 Å². The molecule has 2 aromatic carbocycles. The topological polar surface area (TPSA) is 26.3 Å². The Hall–Kier alpha value is -2.61. The predicted molar refractivity (Wildman–Crippen MR) is 164 cm³/mol. The Labute approximate surface area is 242 Å². The first kappa shape index (κ1) is 27.6. The van der Waals surface area contributed by atoms with E-state index in [1.165, 1.54) is 55.2 Å². The van der Waals surface area contributed by atoms with Crippen LogP contribution in [-0.2, 0) is 9.53 Å². The molecule has 4 aliphatic rings. The normalized spacial score (nSPS) is 35.4. The van der Waals surface area contributed by atoms with Crippen molar-refractivity contribution in [2.24, 2.45) is 40.4 Å². The van der Waals surface area contributed by atoms with Crippen LogP contribution in [0.4, 0.5) is 0 Å². The molecular weight excluding hydrogens is 488 g/mol. The average Bonchev–Trinajstić information content (AvgIpc) is 3.31. The molecule has 0 aliphatic heterocycles. The fraction of sp³-hybridized carbons (Fsp3) is 0.553. The Morgan fingerprint density at radius 3 is 2.25 bits per heavy atom. The molecule has 40 heavy (non-hydrogen) atoms. The molecule has 0 saturated heterocycles. The highest BCUT2D eigenvalue weighted by Gasteiger charge is 2.59. The maximum absolute atomic E-state index is 11.6. The summed E-state index contributed by atoms with van der Waals surface area (Å²) in [4.78, 5) is 11.6. The van der Waals surface area contributed by atoms with Crippen molar-refractivity contribution in [1.29, 1.82) is 0 Å². The molecule has 212 valence electrons. The standard InChI is InChI=1S/C38H48O2/c1-26(15-17-32(28-11-7-5-8-12-28)29-13-9-6-10-14-29)34-19-20-35-33-18-16-30-25-31(40-27(2)39)21-23-37(30,3)36(33)22-24-38(34,35)4/h5-14,16-17,26,31,33-36H,15,18-25H2,1-4H3. The van der Waals surface area contributed by atoms with Crippen LogP contribution < -0.4 is 0 Å². The van der Waals surface area contributed by atoms with E-state index in [0.29, 0.717) is 16.7 Å². The summed E-state index contributed by atoms with van der Waals surface area (Å²) in [5.74, 6) is 3.79. The molecule has 8 unspecified atom stereocenters. The fourth-order valence-electron chi connectivity index (χ4n) is 10.0. The van der Waals surface area contributed by atoms with Crippen molar-refractivity contribution < 1.29 is 9.53 Å². The summed E-state index contributed by atoms with van der Waals surface area (Å²) in [6.45, 7) is 9.31. The molecule has 0 amide bonds. The molecule has 0 spiro atoms. The molecule has 0 bridgehead atoms. The zero-order chi connectivity index (χ0) is 27.9. The van der Waals surface area contributed by atoms with E-state index in [4.69, 9.17) is 4.74 Å². The molecular formula is C38H48O2. The van der Waals surface area contributed by atoms with Gasteiger partial charge in [0, 0.05) is 13.3 Å². The van der Waals surface area contributed by atoms with Crippen molar-refractivity contribution in [2.45, 2.75) is 91.6 Å². The summed E-state index contributed by atoms with van der Waals surface area (Å²) in [5, 5.41) is 0. The van der Waals surface area contributed by atoms with Gasteiger partial charge in [-0.15, -0.1) is 0 Å². The summed E-state index contributed by atoms with van der Waals surface area (Å²) in [5.41, 5.74) is 6.35.